The highest BCUT2D eigenvalue weighted by Gasteiger charge is 2.37. The molecular formula is C15H28N2O2. The van der Waals surface area contributed by atoms with Gasteiger partial charge in [0.1, 0.15) is 0 Å². The third-order valence-corrected chi connectivity index (χ3v) is 4.86. The predicted octanol–water partition coefficient (Wildman–Crippen LogP) is 0.992. The van der Waals surface area contributed by atoms with E-state index in [-0.39, 0.29) is 6.10 Å². The van der Waals surface area contributed by atoms with Crippen molar-refractivity contribution in [1.82, 2.24) is 10.2 Å². The van der Waals surface area contributed by atoms with Crippen LogP contribution in [-0.2, 0) is 4.74 Å². The molecule has 0 bridgehead atoms. The van der Waals surface area contributed by atoms with Gasteiger partial charge in [0, 0.05) is 44.2 Å². The molecule has 0 aromatic rings. The van der Waals surface area contributed by atoms with E-state index in [1.807, 2.05) is 0 Å². The summed E-state index contributed by atoms with van der Waals surface area (Å²) in [6.45, 7) is 6.19. The van der Waals surface area contributed by atoms with Crippen LogP contribution in [-0.4, -0.2) is 61.5 Å². The van der Waals surface area contributed by atoms with E-state index in [0.29, 0.717) is 5.41 Å². The van der Waals surface area contributed by atoms with Crippen molar-refractivity contribution in [2.75, 3.05) is 39.4 Å². The highest BCUT2D eigenvalue weighted by atomic mass is 16.5. The number of piperidine rings is 1. The van der Waals surface area contributed by atoms with Gasteiger partial charge in [-0.25, -0.2) is 0 Å². The van der Waals surface area contributed by atoms with Crippen LogP contribution < -0.4 is 5.32 Å². The summed E-state index contributed by atoms with van der Waals surface area (Å²) in [6.07, 6.45) is 6.99. The van der Waals surface area contributed by atoms with Gasteiger partial charge >= 0.3 is 0 Å². The summed E-state index contributed by atoms with van der Waals surface area (Å²) in [6, 6.07) is 0.780. The normalized spacial score (nSPS) is 34.6. The van der Waals surface area contributed by atoms with Crippen LogP contribution >= 0.6 is 0 Å². The molecule has 2 heterocycles. The number of nitrogens with one attached hydrogen (secondary N) is 1. The first kappa shape index (κ1) is 13.8. The number of aliphatic hydroxyl groups excluding tert-OH is 1. The van der Waals surface area contributed by atoms with Gasteiger partial charge < -0.3 is 20.1 Å². The number of nitrogens with zero attached hydrogens (tertiary/aromatic N) is 1. The zero-order chi connectivity index (χ0) is 13.1. The Morgan fingerprint density at radius 3 is 2.63 bits per heavy atom. The van der Waals surface area contributed by atoms with Crippen molar-refractivity contribution >= 4 is 0 Å². The molecule has 2 N–H and O–H groups in total. The second-order valence-corrected chi connectivity index (χ2v) is 6.82. The van der Waals surface area contributed by atoms with E-state index in [9.17, 15) is 5.11 Å². The van der Waals surface area contributed by atoms with Crippen LogP contribution in [0.1, 0.15) is 38.5 Å². The van der Waals surface area contributed by atoms with E-state index in [1.54, 1.807) is 0 Å². The van der Waals surface area contributed by atoms with Gasteiger partial charge in [-0.1, -0.05) is 0 Å². The number of aliphatic hydroxyl groups is 1. The summed E-state index contributed by atoms with van der Waals surface area (Å²) in [5.74, 6) is 0. The molecule has 3 rings (SSSR count). The van der Waals surface area contributed by atoms with Gasteiger partial charge in [-0.05, 0) is 38.5 Å². The number of likely N-dealkylation sites (tertiary alicyclic amines) is 1. The summed E-state index contributed by atoms with van der Waals surface area (Å²) >= 11 is 0. The predicted molar refractivity (Wildman–Crippen MR) is 75.2 cm³/mol. The fraction of sp³-hybridized carbons (Fsp3) is 1.00. The molecule has 0 spiro atoms. The molecule has 1 atom stereocenters. The number of ether oxygens (including phenoxy) is 1. The Morgan fingerprint density at radius 2 is 2.00 bits per heavy atom. The molecule has 110 valence electrons. The average molecular weight is 268 g/mol. The minimum atomic E-state index is -0.0700. The standard InChI is InChI=1S/C15H28N2O2/c18-14-4-7-17(8-5-14)11-15(6-1-9-19-12-15)10-16-13-2-3-13/h13-14,16,18H,1-12H2. The molecule has 0 aromatic heterocycles. The lowest BCUT2D eigenvalue weighted by Crippen LogP contribution is -2.51. The lowest BCUT2D eigenvalue weighted by molar-refractivity contribution is -0.0351. The minimum absolute atomic E-state index is 0.0700. The maximum atomic E-state index is 9.62. The van der Waals surface area contributed by atoms with Gasteiger partial charge in [0.15, 0.2) is 0 Å². The van der Waals surface area contributed by atoms with Crippen LogP contribution in [0.25, 0.3) is 0 Å². The molecular weight excluding hydrogens is 240 g/mol. The monoisotopic (exact) mass is 268 g/mol. The van der Waals surface area contributed by atoms with Crippen LogP contribution in [0, 0.1) is 5.41 Å². The molecule has 1 aliphatic carbocycles. The first-order valence-electron chi connectivity index (χ1n) is 7.97. The molecule has 2 aliphatic heterocycles. The Labute approximate surface area is 116 Å². The first-order chi connectivity index (χ1) is 9.26. The average Bonchev–Trinajstić information content (AvgIpc) is 3.25. The Balaban J connectivity index is 1.54. The highest BCUT2D eigenvalue weighted by Crippen LogP contribution is 2.31. The van der Waals surface area contributed by atoms with Crippen LogP contribution in [0.4, 0.5) is 0 Å². The minimum Gasteiger partial charge on any atom is -0.393 e. The summed E-state index contributed by atoms with van der Waals surface area (Å²) in [5.41, 5.74) is 0.309. The third kappa shape index (κ3) is 3.91. The molecule has 4 heteroatoms. The van der Waals surface area contributed by atoms with Crippen LogP contribution in [0.5, 0.6) is 0 Å². The summed E-state index contributed by atoms with van der Waals surface area (Å²) in [7, 11) is 0. The number of hydrogen-bond acceptors (Lipinski definition) is 4. The molecule has 19 heavy (non-hydrogen) atoms. The molecule has 2 saturated heterocycles. The quantitative estimate of drug-likeness (QED) is 0.780. The molecule has 1 unspecified atom stereocenters. The molecule has 4 nitrogen and oxygen atoms in total. The van der Waals surface area contributed by atoms with Crippen molar-refractivity contribution in [3.63, 3.8) is 0 Å². The van der Waals surface area contributed by atoms with Gasteiger partial charge in [-0.2, -0.15) is 0 Å². The van der Waals surface area contributed by atoms with E-state index >= 15 is 0 Å². The molecule has 3 aliphatic rings. The molecule has 0 radical (unpaired) electrons. The molecule has 3 fully saturated rings. The van der Waals surface area contributed by atoms with E-state index in [2.05, 4.69) is 10.2 Å². The summed E-state index contributed by atoms with van der Waals surface area (Å²) in [5, 5.41) is 13.3. The van der Waals surface area contributed by atoms with Crippen molar-refractivity contribution in [1.29, 1.82) is 0 Å². The Hall–Kier alpha value is -0.160. The third-order valence-electron chi connectivity index (χ3n) is 4.86. The Morgan fingerprint density at radius 1 is 1.21 bits per heavy atom. The summed E-state index contributed by atoms with van der Waals surface area (Å²) in [4.78, 5) is 2.54. The van der Waals surface area contributed by atoms with Crippen molar-refractivity contribution in [3.05, 3.63) is 0 Å². The zero-order valence-corrected chi connectivity index (χ0v) is 11.9. The second-order valence-electron chi connectivity index (χ2n) is 6.82. The van der Waals surface area contributed by atoms with Gasteiger partial charge in [-0.3, -0.25) is 0 Å². The van der Waals surface area contributed by atoms with Gasteiger partial charge in [0.25, 0.3) is 0 Å². The van der Waals surface area contributed by atoms with E-state index < -0.39 is 0 Å². The highest BCUT2D eigenvalue weighted by molar-refractivity contribution is 4.91. The summed E-state index contributed by atoms with van der Waals surface area (Å²) < 4.78 is 5.78. The van der Waals surface area contributed by atoms with E-state index in [0.717, 1.165) is 58.3 Å². The smallest absolute Gasteiger partial charge is 0.0564 e. The van der Waals surface area contributed by atoms with Crippen LogP contribution in [0.2, 0.25) is 0 Å². The number of hydrogen-bond donors (Lipinski definition) is 2. The number of rotatable bonds is 5. The second kappa shape index (κ2) is 6.08. The van der Waals surface area contributed by atoms with Gasteiger partial charge in [-0.15, -0.1) is 0 Å². The Kier molecular flexibility index (Phi) is 4.42. The van der Waals surface area contributed by atoms with Crippen LogP contribution in [0.15, 0.2) is 0 Å². The zero-order valence-electron chi connectivity index (χ0n) is 11.9. The fourth-order valence-corrected chi connectivity index (χ4v) is 3.43. The van der Waals surface area contributed by atoms with Crippen molar-refractivity contribution < 1.29 is 9.84 Å². The first-order valence-corrected chi connectivity index (χ1v) is 7.97. The largest absolute Gasteiger partial charge is 0.393 e. The van der Waals surface area contributed by atoms with Crippen molar-refractivity contribution in [3.8, 4) is 0 Å². The lowest BCUT2D eigenvalue weighted by atomic mass is 9.81. The van der Waals surface area contributed by atoms with Crippen LogP contribution in [0.3, 0.4) is 0 Å². The van der Waals surface area contributed by atoms with E-state index in [1.165, 1.54) is 25.7 Å². The maximum absolute atomic E-state index is 9.62. The van der Waals surface area contributed by atoms with E-state index in [4.69, 9.17) is 4.74 Å². The molecule has 0 amide bonds. The Bertz CT molecular complexity index is 280. The topological polar surface area (TPSA) is 44.7 Å². The van der Waals surface area contributed by atoms with Crippen molar-refractivity contribution in [2.24, 2.45) is 5.41 Å². The molecule has 1 saturated carbocycles. The van der Waals surface area contributed by atoms with Gasteiger partial charge in [0.05, 0.1) is 12.7 Å². The van der Waals surface area contributed by atoms with Crippen molar-refractivity contribution in [2.45, 2.75) is 50.7 Å². The van der Waals surface area contributed by atoms with Gasteiger partial charge in [0.2, 0.25) is 0 Å². The maximum Gasteiger partial charge on any atom is 0.0564 e. The SMILES string of the molecule is OC1CCN(CC2(CNC3CC3)CCCOC2)CC1. The lowest BCUT2D eigenvalue weighted by Gasteiger charge is -2.42. The molecule has 0 aromatic carbocycles. The fourth-order valence-electron chi connectivity index (χ4n) is 3.43.